The number of aldehydes is 1. The molecule has 0 aliphatic carbocycles. The SMILES string of the molecule is N#Cc1c(C=O)ccc2scc(F)c12. The van der Waals surface area contributed by atoms with Gasteiger partial charge in [-0.3, -0.25) is 4.79 Å². The third-order valence-electron chi connectivity index (χ3n) is 1.97. The van der Waals surface area contributed by atoms with E-state index in [1.165, 1.54) is 22.8 Å². The summed E-state index contributed by atoms with van der Waals surface area (Å²) in [7, 11) is 0. The first-order valence-electron chi connectivity index (χ1n) is 3.83. The van der Waals surface area contributed by atoms with Gasteiger partial charge < -0.3 is 0 Å². The van der Waals surface area contributed by atoms with Gasteiger partial charge >= 0.3 is 0 Å². The van der Waals surface area contributed by atoms with E-state index in [-0.39, 0.29) is 16.5 Å². The lowest BCUT2D eigenvalue weighted by Crippen LogP contribution is -1.88. The smallest absolute Gasteiger partial charge is 0.151 e. The van der Waals surface area contributed by atoms with Crippen LogP contribution in [-0.2, 0) is 0 Å². The summed E-state index contributed by atoms with van der Waals surface area (Å²) in [5.74, 6) is -0.440. The van der Waals surface area contributed by atoms with Crippen molar-refractivity contribution in [3.05, 3.63) is 34.5 Å². The molecule has 0 fully saturated rings. The summed E-state index contributed by atoms with van der Waals surface area (Å²) < 4.78 is 13.9. The van der Waals surface area contributed by atoms with E-state index in [4.69, 9.17) is 5.26 Å². The molecule has 2 rings (SSSR count). The van der Waals surface area contributed by atoms with Gasteiger partial charge in [0, 0.05) is 21.0 Å². The molecule has 0 unspecified atom stereocenters. The van der Waals surface area contributed by atoms with Crippen molar-refractivity contribution >= 4 is 27.7 Å². The summed E-state index contributed by atoms with van der Waals surface area (Å²) in [5.41, 5.74) is 0.355. The fourth-order valence-electron chi connectivity index (χ4n) is 1.33. The van der Waals surface area contributed by atoms with Crippen LogP contribution in [0.2, 0.25) is 0 Å². The van der Waals surface area contributed by atoms with Gasteiger partial charge in [0.15, 0.2) is 6.29 Å². The van der Waals surface area contributed by atoms with Crippen molar-refractivity contribution in [3.63, 3.8) is 0 Å². The Morgan fingerprint density at radius 2 is 2.29 bits per heavy atom. The van der Waals surface area contributed by atoms with Crippen molar-refractivity contribution in [2.24, 2.45) is 0 Å². The molecule has 1 aromatic heterocycles. The molecule has 1 aromatic carbocycles. The Kier molecular flexibility index (Phi) is 2.02. The Morgan fingerprint density at radius 3 is 2.93 bits per heavy atom. The molecule has 1 heterocycles. The van der Waals surface area contributed by atoms with Crippen LogP contribution in [0.1, 0.15) is 15.9 Å². The Bertz CT molecular complexity index is 553. The van der Waals surface area contributed by atoms with Crippen LogP contribution in [0.5, 0.6) is 0 Å². The highest BCUT2D eigenvalue weighted by Crippen LogP contribution is 2.29. The van der Waals surface area contributed by atoms with E-state index >= 15 is 0 Å². The molecule has 0 spiro atoms. The Morgan fingerprint density at radius 1 is 1.50 bits per heavy atom. The van der Waals surface area contributed by atoms with E-state index in [1.54, 1.807) is 6.07 Å². The first-order valence-corrected chi connectivity index (χ1v) is 4.71. The van der Waals surface area contributed by atoms with Gasteiger partial charge in [-0.2, -0.15) is 5.26 Å². The summed E-state index contributed by atoms with van der Waals surface area (Å²) in [6.07, 6.45) is 0.565. The molecule has 14 heavy (non-hydrogen) atoms. The van der Waals surface area contributed by atoms with E-state index in [2.05, 4.69) is 0 Å². The number of rotatable bonds is 1. The molecule has 0 radical (unpaired) electrons. The first kappa shape index (κ1) is 8.85. The number of hydrogen-bond donors (Lipinski definition) is 0. The fraction of sp³-hybridized carbons (Fsp3) is 0. The summed E-state index contributed by atoms with van der Waals surface area (Å²) in [6.45, 7) is 0. The minimum absolute atomic E-state index is 0.122. The Labute approximate surface area is 83.2 Å². The lowest BCUT2D eigenvalue weighted by molar-refractivity contribution is 0.112. The van der Waals surface area contributed by atoms with Crippen molar-refractivity contribution in [2.45, 2.75) is 0 Å². The lowest BCUT2D eigenvalue weighted by atomic mass is 10.1. The number of nitrogens with zero attached hydrogens (tertiary/aromatic N) is 1. The minimum atomic E-state index is -0.440. The highest BCUT2D eigenvalue weighted by Gasteiger charge is 2.12. The largest absolute Gasteiger partial charge is 0.298 e. The molecule has 68 valence electrons. The second-order valence-electron chi connectivity index (χ2n) is 2.72. The molecule has 0 aliphatic heterocycles. The van der Waals surface area contributed by atoms with Crippen molar-refractivity contribution < 1.29 is 9.18 Å². The molecule has 0 N–H and O–H groups in total. The van der Waals surface area contributed by atoms with Gasteiger partial charge in [-0.1, -0.05) is 0 Å². The topological polar surface area (TPSA) is 40.9 Å². The standard InChI is InChI=1S/C10H4FNOS/c11-8-5-14-9-2-1-6(4-13)7(3-12)10(8)9/h1-2,4-5H. The fourth-order valence-corrected chi connectivity index (χ4v) is 2.14. The average molecular weight is 205 g/mol. The van der Waals surface area contributed by atoms with Crippen LogP contribution in [0, 0.1) is 17.1 Å². The molecule has 0 bridgehead atoms. The van der Waals surface area contributed by atoms with E-state index in [0.29, 0.717) is 11.0 Å². The van der Waals surface area contributed by atoms with Crippen LogP contribution in [0.4, 0.5) is 4.39 Å². The zero-order chi connectivity index (χ0) is 10.1. The molecule has 0 amide bonds. The predicted molar refractivity (Wildman–Crippen MR) is 51.9 cm³/mol. The molecule has 0 saturated carbocycles. The molecule has 4 heteroatoms. The van der Waals surface area contributed by atoms with Crippen molar-refractivity contribution in [2.75, 3.05) is 0 Å². The number of halogens is 1. The molecule has 0 aliphatic rings. The number of carbonyl (C=O) groups excluding carboxylic acids is 1. The normalized spacial score (nSPS) is 10.0. The van der Waals surface area contributed by atoms with Gasteiger partial charge in [-0.05, 0) is 12.1 Å². The second kappa shape index (κ2) is 3.20. The Balaban J connectivity index is 2.97. The summed E-state index contributed by atoms with van der Waals surface area (Å²) >= 11 is 1.22. The van der Waals surface area contributed by atoms with Gasteiger partial charge in [0.2, 0.25) is 0 Å². The number of nitriles is 1. The van der Waals surface area contributed by atoms with Crippen molar-refractivity contribution in [1.29, 1.82) is 5.26 Å². The van der Waals surface area contributed by atoms with Gasteiger partial charge in [-0.15, -0.1) is 11.3 Å². The maximum Gasteiger partial charge on any atom is 0.151 e. The van der Waals surface area contributed by atoms with Gasteiger partial charge in [0.05, 0.1) is 5.56 Å². The number of thiophene rings is 1. The van der Waals surface area contributed by atoms with Crippen LogP contribution in [-0.4, -0.2) is 6.29 Å². The molecule has 2 aromatic rings. The first-order chi connectivity index (χ1) is 6.77. The summed E-state index contributed by atoms with van der Waals surface area (Å²) in [4.78, 5) is 10.6. The summed E-state index contributed by atoms with van der Waals surface area (Å²) in [5, 5.41) is 10.4. The van der Waals surface area contributed by atoms with Crippen LogP contribution in [0.15, 0.2) is 17.5 Å². The predicted octanol–water partition coefficient (Wildman–Crippen LogP) is 2.72. The third-order valence-corrected chi connectivity index (χ3v) is 2.89. The summed E-state index contributed by atoms with van der Waals surface area (Å²) in [6, 6.07) is 5.03. The third kappa shape index (κ3) is 1.10. The second-order valence-corrected chi connectivity index (χ2v) is 3.63. The van der Waals surface area contributed by atoms with Gasteiger partial charge in [0.1, 0.15) is 11.9 Å². The van der Waals surface area contributed by atoms with Crippen molar-refractivity contribution in [3.8, 4) is 6.07 Å². The van der Waals surface area contributed by atoms with Gasteiger partial charge in [0.25, 0.3) is 0 Å². The van der Waals surface area contributed by atoms with Crippen LogP contribution in [0.3, 0.4) is 0 Å². The molecular formula is C10H4FNOS. The highest BCUT2D eigenvalue weighted by molar-refractivity contribution is 7.17. The number of carbonyl (C=O) groups is 1. The van der Waals surface area contributed by atoms with E-state index < -0.39 is 5.82 Å². The van der Waals surface area contributed by atoms with E-state index in [1.807, 2.05) is 6.07 Å². The zero-order valence-electron chi connectivity index (χ0n) is 6.95. The van der Waals surface area contributed by atoms with E-state index in [0.717, 1.165) is 0 Å². The zero-order valence-corrected chi connectivity index (χ0v) is 7.77. The Hall–Kier alpha value is -1.73. The average Bonchev–Trinajstić information content (AvgIpc) is 2.59. The molecule has 0 atom stereocenters. The van der Waals surface area contributed by atoms with Crippen LogP contribution in [0.25, 0.3) is 10.1 Å². The van der Waals surface area contributed by atoms with E-state index in [9.17, 15) is 9.18 Å². The van der Waals surface area contributed by atoms with Crippen LogP contribution < -0.4 is 0 Å². The van der Waals surface area contributed by atoms with Gasteiger partial charge in [-0.25, -0.2) is 4.39 Å². The number of hydrogen-bond acceptors (Lipinski definition) is 3. The van der Waals surface area contributed by atoms with Crippen LogP contribution >= 0.6 is 11.3 Å². The maximum atomic E-state index is 13.3. The monoisotopic (exact) mass is 205 g/mol. The number of fused-ring (bicyclic) bond motifs is 1. The quantitative estimate of drug-likeness (QED) is 0.671. The molecule has 0 saturated heterocycles. The maximum absolute atomic E-state index is 13.3. The number of benzene rings is 1. The minimum Gasteiger partial charge on any atom is -0.298 e. The molecular weight excluding hydrogens is 201 g/mol. The van der Waals surface area contributed by atoms with Crippen molar-refractivity contribution in [1.82, 2.24) is 0 Å². The lowest BCUT2D eigenvalue weighted by Gasteiger charge is -1.96. The molecule has 2 nitrogen and oxygen atoms in total. The highest BCUT2D eigenvalue weighted by atomic mass is 32.1.